The molecule has 1 saturated heterocycles. The first-order valence-electron chi connectivity index (χ1n) is 22.3. The van der Waals surface area contributed by atoms with Gasteiger partial charge in [-0.1, -0.05) is 96.1 Å². The standard InChI is InChI=1S/C39H68N7O18P3S/c1-4-5-6-7-8-9-10-11-12-13-14-15-16-17-27(47)22-30(49)68-21-20-41-29(48)18-19-42-37(52)34(51)39(2,3)24-61-67(58,59)64-66(56,57)60-23-28-33(63-65(53,54)55)32(50)38(62-28)46-26-45-31-35(40)43-25-44-36(31)46/h14-15,25-28,32-34,38,47,50-51H,4-13,16-24H2,1-3H3,(H,41,48)(H,42,52)(H,56,57)(H,58,59)(H2,40,43,44)(H2,53,54,55)/p-4/b15-14-/t27-,28+,32+,33+,34-,38+/m0/s1. The number of amides is 2. The van der Waals surface area contributed by atoms with Crippen molar-refractivity contribution < 1.29 is 85.6 Å². The van der Waals surface area contributed by atoms with Gasteiger partial charge in [-0.25, -0.2) is 19.3 Å². The highest BCUT2D eigenvalue weighted by Gasteiger charge is 2.47. The van der Waals surface area contributed by atoms with Gasteiger partial charge in [0.25, 0.3) is 15.6 Å². The Morgan fingerprint density at radius 2 is 1.59 bits per heavy atom. The number of anilines is 1. The summed E-state index contributed by atoms with van der Waals surface area (Å²) >= 11 is 0.971. The molecule has 2 unspecified atom stereocenters. The molecule has 2 aromatic heterocycles. The fourth-order valence-electron chi connectivity index (χ4n) is 6.72. The Balaban J connectivity index is 1.32. The quantitative estimate of drug-likeness (QED) is 0.0325. The average molecular weight is 1040 g/mol. The molecular formula is C39H64N7O18P3S-4. The van der Waals surface area contributed by atoms with Crippen molar-refractivity contribution in [2.45, 2.75) is 147 Å². The van der Waals surface area contributed by atoms with E-state index in [0.717, 1.165) is 41.8 Å². The summed E-state index contributed by atoms with van der Waals surface area (Å²) < 4.78 is 60.8. The summed E-state index contributed by atoms with van der Waals surface area (Å²) in [5.41, 5.74) is 4.06. The molecule has 1 aliphatic rings. The van der Waals surface area contributed by atoms with Crippen LogP contribution in [0.25, 0.3) is 11.2 Å². The van der Waals surface area contributed by atoms with Crippen molar-refractivity contribution in [1.82, 2.24) is 30.2 Å². The first-order chi connectivity index (χ1) is 31.9. The van der Waals surface area contributed by atoms with E-state index in [0.29, 0.717) is 12.8 Å². The van der Waals surface area contributed by atoms with Crippen LogP contribution in [0.2, 0.25) is 0 Å². The molecule has 2 aromatic rings. The molecule has 388 valence electrons. The summed E-state index contributed by atoms with van der Waals surface area (Å²) in [4.78, 5) is 96.9. The number of aliphatic hydroxyl groups excluding tert-OH is 3. The van der Waals surface area contributed by atoms with Crippen molar-refractivity contribution in [2.24, 2.45) is 5.41 Å². The van der Waals surface area contributed by atoms with Crippen LogP contribution in [0.5, 0.6) is 0 Å². The van der Waals surface area contributed by atoms with Crippen LogP contribution in [0.4, 0.5) is 5.82 Å². The number of phosphoric acid groups is 3. The Labute approximate surface area is 399 Å². The van der Waals surface area contributed by atoms with Crippen molar-refractivity contribution in [3.63, 3.8) is 0 Å². The van der Waals surface area contributed by atoms with Crippen molar-refractivity contribution >= 4 is 69.1 Å². The molecule has 0 bridgehead atoms. The number of nitrogens with zero attached hydrogens (tertiary/aromatic N) is 4. The maximum absolute atomic E-state index is 12.6. The normalized spacial score (nSPS) is 20.6. The number of carbonyl (C=O) groups excluding carboxylic acids is 3. The van der Waals surface area contributed by atoms with E-state index in [1.54, 1.807) is 0 Å². The molecule has 2 amide bonds. The number of fused-ring (bicyclic) bond motifs is 1. The second-order valence-corrected chi connectivity index (χ2v) is 21.9. The molecular weight excluding hydrogens is 979 g/mol. The number of aromatic nitrogens is 4. The number of imidazole rings is 1. The van der Waals surface area contributed by atoms with E-state index in [-0.39, 0.29) is 53.8 Å². The Morgan fingerprint density at radius 3 is 2.26 bits per heavy atom. The van der Waals surface area contributed by atoms with Crippen LogP contribution in [0.1, 0.15) is 117 Å². The number of aliphatic hydroxyl groups is 3. The summed E-state index contributed by atoms with van der Waals surface area (Å²) in [5, 5.41) is 36.3. The average Bonchev–Trinajstić information content (AvgIpc) is 3.82. The molecule has 3 heterocycles. The van der Waals surface area contributed by atoms with Gasteiger partial charge in [-0.15, -0.1) is 0 Å². The summed E-state index contributed by atoms with van der Waals surface area (Å²) in [5.74, 6) is -1.35. The third kappa shape index (κ3) is 21.7. The molecule has 0 saturated carbocycles. The minimum absolute atomic E-state index is 0.0168. The van der Waals surface area contributed by atoms with Crippen LogP contribution < -0.4 is 35.9 Å². The van der Waals surface area contributed by atoms with Crippen LogP contribution in [-0.2, 0) is 50.7 Å². The number of unbranched alkanes of at least 4 members (excludes halogenated alkanes) is 9. The number of hydrogen-bond donors (Lipinski definition) is 6. The van der Waals surface area contributed by atoms with Crippen molar-refractivity contribution in [3.8, 4) is 0 Å². The van der Waals surface area contributed by atoms with Crippen LogP contribution >= 0.6 is 35.2 Å². The minimum atomic E-state index is -5.93. The Morgan fingerprint density at radius 1 is 0.941 bits per heavy atom. The Kier molecular flexibility index (Phi) is 25.4. The molecule has 0 radical (unpaired) electrons. The van der Waals surface area contributed by atoms with Gasteiger partial charge < -0.3 is 74.1 Å². The number of nitrogens with one attached hydrogen (secondary N) is 2. The molecule has 25 nitrogen and oxygen atoms in total. The molecule has 29 heteroatoms. The Hall–Kier alpha value is -2.74. The number of nitrogen functional groups attached to an aromatic ring is 1. The first-order valence-corrected chi connectivity index (χ1v) is 27.6. The van der Waals surface area contributed by atoms with E-state index in [4.69, 9.17) is 10.5 Å². The second-order valence-electron chi connectivity index (χ2n) is 16.7. The van der Waals surface area contributed by atoms with Gasteiger partial charge in [-0.05, 0) is 25.7 Å². The number of allylic oxidation sites excluding steroid dienone is 2. The molecule has 1 fully saturated rings. The van der Waals surface area contributed by atoms with Gasteiger partial charge in [0.1, 0.15) is 36.3 Å². The highest BCUT2D eigenvalue weighted by Crippen LogP contribution is 2.56. The van der Waals surface area contributed by atoms with E-state index >= 15 is 0 Å². The third-order valence-electron chi connectivity index (χ3n) is 10.5. The zero-order valence-corrected chi connectivity index (χ0v) is 41.8. The molecule has 3 rings (SSSR count). The van der Waals surface area contributed by atoms with Gasteiger partial charge in [0, 0.05) is 37.1 Å². The number of rotatable bonds is 34. The zero-order valence-electron chi connectivity index (χ0n) is 38.3. The number of thioether (sulfide) groups is 1. The first kappa shape index (κ1) is 59.6. The number of phosphoric ester groups is 3. The molecule has 0 spiro atoms. The van der Waals surface area contributed by atoms with Crippen LogP contribution in [0.15, 0.2) is 24.8 Å². The van der Waals surface area contributed by atoms with Crippen molar-refractivity contribution in [2.75, 3.05) is 37.8 Å². The molecule has 0 aromatic carbocycles. The lowest BCUT2D eigenvalue weighted by Crippen LogP contribution is -2.46. The fraction of sp³-hybridized carbons (Fsp3) is 0.744. The summed E-state index contributed by atoms with van der Waals surface area (Å²) in [6, 6.07) is 0. The maximum atomic E-state index is 12.6. The SMILES string of the molecule is CCCCCCCCCCC/C=C\CC[C@H](O)CC(=O)SCCNC(=O)CCNC(=O)[C@H](O)C(C)(C)COP(=O)([O-])OP(=O)([O-])OC[C@H]1O[C@@H](n2cnc3c(N)ncnc32)[C@H](O)[C@@H]1OP(=O)([O-])[O-]. The Bertz CT molecular complexity index is 2080. The molecule has 8 atom stereocenters. The van der Waals surface area contributed by atoms with E-state index in [1.165, 1.54) is 65.2 Å². The van der Waals surface area contributed by atoms with Crippen LogP contribution in [0, 0.1) is 5.41 Å². The smallest absolute Gasteiger partial charge is 0.274 e. The monoisotopic (exact) mass is 1040 g/mol. The minimum Gasteiger partial charge on any atom is -0.790 e. The molecule has 7 N–H and O–H groups in total. The summed E-state index contributed by atoms with van der Waals surface area (Å²) in [7, 11) is -17.6. The van der Waals surface area contributed by atoms with E-state index in [2.05, 4.69) is 56.5 Å². The summed E-state index contributed by atoms with van der Waals surface area (Å²) in [6.45, 7) is 2.20. The van der Waals surface area contributed by atoms with Gasteiger partial charge in [-0.2, -0.15) is 0 Å². The van der Waals surface area contributed by atoms with Crippen LogP contribution in [0.3, 0.4) is 0 Å². The predicted molar refractivity (Wildman–Crippen MR) is 239 cm³/mol. The lowest BCUT2D eigenvalue weighted by Gasteiger charge is -2.36. The largest absolute Gasteiger partial charge is 0.790 e. The van der Waals surface area contributed by atoms with Gasteiger partial charge in [0.15, 0.2) is 22.8 Å². The van der Waals surface area contributed by atoms with Crippen molar-refractivity contribution in [1.29, 1.82) is 0 Å². The van der Waals surface area contributed by atoms with Gasteiger partial charge in [0.2, 0.25) is 11.8 Å². The number of ether oxygens (including phenoxy) is 1. The number of carbonyl (C=O) groups is 3. The lowest BCUT2D eigenvalue weighted by atomic mass is 9.87. The highest BCUT2D eigenvalue weighted by molar-refractivity contribution is 8.13. The maximum Gasteiger partial charge on any atom is 0.274 e. The summed E-state index contributed by atoms with van der Waals surface area (Å²) in [6.07, 6.45) is 9.27. The van der Waals surface area contributed by atoms with E-state index < -0.39 is 90.7 Å². The zero-order chi connectivity index (χ0) is 50.5. The molecule has 0 aliphatic carbocycles. The van der Waals surface area contributed by atoms with Crippen molar-refractivity contribution in [3.05, 3.63) is 24.8 Å². The number of nitrogens with two attached hydrogens (primary N) is 1. The topological polar surface area (TPSA) is 395 Å². The van der Waals surface area contributed by atoms with E-state index in [1.807, 2.05) is 6.08 Å². The molecule has 1 aliphatic heterocycles. The second kappa shape index (κ2) is 28.9. The highest BCUT2D eigenvalue weighted by atomic mass is 32.2. The van der Waals surface area contributed by atoms with Crippen LogP contribution in [-0.4, -0.2) is 114 Å². The van der Waals surface area contributed by atoms with Gasteiger partial charge in [0.05, 0.1) is 33.5 Å². The van der Waals surface area contributed by atoms with E-state index in [9.17, 15) is 63.0 Å². The lowest BCUT2D eigenvalue weighted by molar-refractivity contribution is -0.347. The van der Waals surface area contributed by atoms with Gasteiger partial charge >= 0.3 is 0 Å². The predicted octanol–water partition coefficient (Wildman–Crippen LogP) is 1.15. The third-order valence-corrected chi connectivity index (χ3v) is 14.4. The fourth-order valence-corrected chi connectivity index (χ4v) is 10.2. The van der Waals surface area contributed by atoms with Gasteiger partial charge in [-0.3, -0.25) is 28.1 Å². The molecule has 68 heavy (non-hydrogen) atoms. The number of hydrogen-bond acceptors (Lipinski definition) is 23.